The van der Waals surface area contributed by atoms with E-state index in [1.54, 1.807) is 0 Å². The van der Waals surface area contributed by atoms with E-state index in [4.69, 9.17) is 9.47 Å². The van der Waals surface area contributed by atoms with E-state index >= 15 is 0 Å². The summed E-state index contributed by atoms with van der Waals surface area (Å²) >= 11 is 0. The Hall–Kier alpha value is -2.05. The summed E-state index contributed by atoms with van der Waals surface area (Å²) in [5.41, 5.74) is 0.992. The predicted molar refractivity (Wildman–Crippen MR) is 104 cm³/mol. The molecule has 0 spiro atoms. The molecule has 1 unspecified atom stereocenters. The Morgan fingerprint density at radius 2 is 1.71 bits per heavy atom. The number of fused-ring (bicyclic) bond motifs is 1. The normalized spacial score (nSPS) is 23.7. The van der Waals surface area contributed by atoms with Crippen LogP contribution in [0.15, 0.2) is 48.5 Å². The van der Waals surface area contributed by atoms with E-state index in [0.717, 1.165) is 48.6 Å². The molecule has 2 aromatic carbocycles. The summed E-state index contributed by atoms with van der Waals surface area (Å²) in [6.07, 6.45) is 4.43. The fraction of sp³-hybridized carbons (Fsp3) is 0.409. The van der Waals surface area contributed by atoms with Crippen molar-refractivity contribution >= 4 is 11.5 Å². The van der Waals surface area contributed by atoms with Gasteiger partial charge in [-0.2, -0.15) is 0 Å². The van der Waals surface area contributed by atoms with Crippen LogP contribution in [0.2, 0.25) is 0 Å². The Morgan fingerprint density at radius 1 is 0.929 bits per heavy atom. The summed E-state index contributed by atoms with van der Waals surface area (Å²) in [4.78, 5) is 2.26. The number of rotatable bonds is 2. The van der Waals surface area contributed by atoms with Crippen LogP contribution in [0.25, 0.3) is 0 Å². The minimum Gasteiger partial charge on any atom is -1.00 e. The van der Waals surface area contributed by atoms with E-state index in [9.17, 15) is 5.11 Å². The molecule has 0 saturated carbocycles. The summed E-state index contributed by atoms with van der Waals surface area (Å²) in [6.45, 7) is 2.57. The predicted octanol–water partition coefficient (Wildman–Crippen LogP) is 0.112. The second-order valence-corrected chi connectivity index (χ2v) is 7.48. The van der Waals surface area contributed by atoms with Gasteiger partial charge in [-0.1, -0.05) is 30.3 Å². The van der Waals surface area contributed by atoms with Gasteiger partial charge in [0.2, 0.25) is 0 Å². The van der Waals surface area contributed by atoms with Gasteiger partial charge in [0.15, 0.2) is 18.0 Å². The molecule has 0 aliphatic carbocycles. The van der Waals surface area contributed by atoms with Crippen LogP contribution in [-0.2, 0) is 5.72 Å². The number of hydrogen-bond acceptors (Lipinski definition) is 4. The molecule has 1 N–H and O–H groups in total. The van der Waals surface area contributed by atoms with E-state index in [1.807, 2.05) is 42.5 Å². The number of aliphatic hydroxyl groups is 1. The molecule has 0 saturated heterocycles. The fourth-order valence-corrected chi connectivity index (χ4v) is 4.46. The maximum absolute atomic E-state index is 11.8. The van der Waals surface area contributed by atoms with Gasteiger partial charge >= 0.3 is 0 Å². The van der Waals surface area contributed by atoms with Crippen molar-refractivity contribution in [3.63, 3.8) is 0 Å². The van der Waals surface area contributed by atoms with E-state index in [2.05, 4.69) is 15.5 Å². The van der Waals surface area contributed by atoms with E-state index in [-0.39, 0.29) is 17.0 Å². The zero-order chi connectivity index (χ0) is 18.3. The summed E-state index contributed by atoms with van der Waals surface area (Å²) in [5.74, 6) is 2.79. The van der Waals surface area contributed by atoms with Crippen molar-refractivity contribution in [3.8, 4) is 11.5 Å². The maximum atomic E-state index is 11.8. The fourth-order valence-electron chi connectivity index (χ4n) is 4.46. The molecule has 5 rings (SSSR count). The molecule has 1 atom stereocenters. The van der Waals surface area contributed by atoms with Gasteiger partial charge in [0.1, 0.15) is 18.9 Å². The Kier molecular flexibility index (Phi) is 5.34. The van der Waals surface area contributed by atoms with Crippen molar-refractivity contribution in [2.75, 3.05) is 31.2 Å². The largest absolute Gasteiger partial charge is 1.00 e. The lowest BCUT2D eigenvalue weighted by atomic mass is 10.0. The number of ether oxygens (including phenoxy) is 2. The molecule has 3 aliphatic rings. The van der Waals surface area contributed by atoms with Crippen LogP contribution < -0.4 is 31.4 Å². The highest BCUT2D eigenvalue weighted by atomic mass is 79.9. The number of anilines is 1. The first-order valence-electron chi connectivity index (χ1n) is 9.84. The lowest BCUT2D eigenvalue weighted by molar-refractivity contribution is -0.658. The van der Waals surface area contributed by atoms with Crippen LogP contribution in [0, 0.1) is 0 Å². The molecule has 3 heterocycles. The van der Waals surface area contributed by atoms with Crippen molar-refractivity contribution in [1.82, 2.24) is 0 Å². The molecule has 0 aromatic heterocycles. The molecular weight excluding hydrogens is 420 g/mol. The standard InChI is InChI=1S/C22H25N2O3.BrH/c25-22(17-7-3-1-4-8-17)16-23(21-9-5-2-6-12-24(21)22)18-10-11-19-20(15-18)27-14-13-26-19;/h1,3-4,7-8,10-11,15,25H,2,5-6,9,12-14,16H2;1H/q+1;/p-1. The van der Waals surface area contributed by atoms with Crippen LogP contribution in [0.4, 0.5) is 5.69 Å². The summed E-state index contributed by atoms with van der Waals surface area (Å²) in [6, 6.07) is 16.1. The van der Waals surface area contributed by atoms with Gasteiger partial charge in [-0.05, 0) is 31.4 Å². The molecule has 2 aromatic rings. The Labute approximate surface area is 176 Å². The highest BCUT2D eigenvalue weighted by Crippen LogP contribution is 2.39. The van der Waals surface area contributed by atoms with Gasteiger partial charge in [0, 0.05) is 18.1 Å². The maximum Gasteiger partial charge on any atom is 0.271 e. The summed E-state index contributed by atoms with van der Waals surface area (Å²) < 4.78 is 13.7. The van der Waals surface area contributed by atoms with Gasteiger partial charge < -0.3 is 31.6 Å². The number of halogens is 1. The van der Waals surface area contributed by atoms with Crippen molar-refractivity contribution in [2.24, 2.45) is 0 Å². The van der Waals surface area contributed by atoms with Crippen LogP contribution >= 0.6 is 0 Å². The first-order chi connectivity index (χ1) is 13.3. The molecule has 0 bridgehead atoms. The minimum atomic E-state index is -1.01. The van der Waals surface area contributed by atoms with Crippen molar-refractivity contribution in [1.29, 1.82) is 0 Å². The number of benzene rings is 2. The minimum absolute atomic E-state index is 0. The lowest BCUT2D eigenvalue weighted by Gasteiger charge is -2.24. The molecule has 5 nitrogen and oxygen atoms in total. The van der Waals surface area contributed by atoms with Crippen molar-refractivity contribution < 1.29 is 36.1 Å². The molecular formula is C22H25BrN2O3. The second kappa shape index (κ2) is 7.76. The average molecular weight is 445 g/mol. The van der Waals surface area contributed by atoms with Gasteiger partial charge in [-0.25, -0.2) is 9.48 Å². The van der Waals surface area contributed by atoms with Gasteiger partial charge in [0.05, 0.1) is 6.54 Å². The number of nitrogens with zero attached hydrogens (tertiary/aromatic N) is 2. The van der Waals surface area contributed by atoms with E-state index < -0.39 is 5.72 Å². The monoisotopic (exact) mass is 444 g/mol. The highest BCUT2D eigenvalue weighted by molar-refractivity contribution is 5.96. The van der Waals surface area contributed by atoms with Crippen LogP contribution in [0.5, 0.6) is 11.5 Å². The zero-order valence-corrected chi connectivity index (χ0v) is 17.4. The highest BCUT2D eigenvalue weighted by Gasteiger charge is 2.52. The zero-order valence-electron chi connectivity index (χ0n) is 15.8. The van der Waals surface area contributed by atoms with Gasteiger partial charge in [-0.15, -0.1) is 0 Å². The van der Waals surface area contributed by atoms with Crippen LogP contribution in [0.3, 0.4) is 0 Å². The average Bonchev–Trinajstić information content (AvgIpc) is 2.87. The Morgan fingerprint density at radius 3 is 2.54 bits per heavy atom. The topological polar surface area (TPSA) is 44.9 Å². The first-order valence-corrected chi connectivity index (χ1v) is 9.84. The number of amidine groups is 1. The quantitative estimate of drug-likeness (QED) is 0.667. The van der Waals surface area contributed by atoms with Gasteiger partial charge in [0.25, 0.3) is 11.6 Å². The summed E-state index contributed by atoms with van der Waals surface area (Å²) in [7, 11) is 0. The Balaban J connectivity index is 0.00000192. The molecule has 0 radical (unpaired) electrons. The lowest BCUT2D eigenvalue weighted by Crippen LogP contribution is -3.00. The number of hydrogen-bond donors (Lipinski definition) is 1. The molecule has 148 valence electrons. The van der Waals surface area contributed by atoms with Gasteiger partial charge in [-0.3, -0.25) is 0 Å². The Bertz CT molecular complexity index is 887. The summed E-state index contributed by atoms with van der Waals surface area (Å²) in [5, 5.41) is 11.8. The molecule has 3 aliphatic heterocycles. The molecule has 28 heavy (non-hydrogen) atoms. The van der Waals surface area contributed by atoms with Crippen LogP contribution in [0.1, 0.15) is 31.2 Å². The third-order valence-electron chi connectivity index (χ3n) is 5.80. The third-order valence-corrected chi connectivity index (χ3v) is 5.80. The van der Waals surface area contributed by atoms with Crippen LogP contribution in [-0.4, -0.2) is 41.8 Å². The smallest absolute Gasteiger partial charge is 0.271 e. The SMILES string of the molecule is OC1(c2ccccc2)CN(c2ccc3c(c2)OCCO3)C2=[N+]1CCCCC2.[Br-]. The molecule has 0 fully saturated rings. The molecule has 0 amide bonds. The third kappa shape index (κ3) is 3.18. The molecule has 6 heteroatoms. The van der Waals surface area contributed by atoms with Crippen molar-refractivity contribution in [3.05, 3.63) is 54.1 Å². The van der Waals surface area contributed by atoms with Crippen molar-refractivity contribution in [2.45, 2.75) is 31.4 Å². The first kappa shape index (κ1) is 19.3. The number of β-amino-alcohol motifs (C(OH)–C–C–N with tert-alkyl or cyclic N) is 1. The van der Waals surface area contributed by atoms with E-state index in [0.29, 0.717) is 19.8 Å². The van der Waals surface area contributed by atoms with E-state index in [1.165, 1.54) is 12.3 Å². The second-order valence-electron chi connectivity index (χ2n) is 7.48.